The number of nitrogens with zero attached hydrogens (tertiary/aromatic N) is 3. The zero-order valence-electron chi connectivity index (χ0n) is 8.41. The van der Waals surface area contributed by atoms with Gasteiger partial charge < -0.3 is 5.73 Å². The lowest BCUT2D eigenvalue weighted by atomic mass is 10.3. The van der Waals surface area contributed by atoms with Gasteiger partial charge in [0, 0.05) is 15.1 Å². The van der Waals surface area contributed by atoms with E-state index in [1.165, 1.54) is 0 Å². The summed E-state index contributed by atoms with van der Waals surface area (Å²) in [5, 5.41) is 6.86. The number of halogens is 2. The largest absolute Gasteiger partial charge is 0.322 e. The third-order valence-corrected chi connectivity index (χ3v) is 2.99. The summed E-state index contributed by atoms with van der Waals surface area (Å²) >= 11 is 6.75. The Morgan fingerprint density at radius 1 is 1.44 bits per heavy atom. The topological polar surface area (TPSA) is 80.5 Å². The van der Waals surface area contributed by atoms with E-state index in [1.807, 2.05) is 13.0 Å². The van der Waals surface area contributed by atoms with Crippen LogP contribution in [-0.4, -0.2) is 20.2 Å². The molecule has 84 valence electrons. The van der Waals surface area contributed by atoms with Gasteiger partial charge in [-0.3, -0.25) is 10.1 Å². The third-order valence-electron chi connectivity index (χ3n) is 1.95. The predicted octanol–water partition coefficient (Wildman–Crippen LogP) is 2.41. The summed E-state index contributed by atoms with van der Waals surface area (Å²) in [6, 6.07) is 1.72. The summed E-state index contributed by atoms with van der Waals surface area (Å²) in [6.45, 7) is 1.84. The Morgan fingerprint density at radius 3 is 2.75 bits per heavy atom. The molecule has 2 aromatic rings. The minimum absolute atomic E-state index is 0.171. The van der Waals surface area contributed by atoms with Gasteiger partial charge in [0.1, 0.15) is 11.5 Å². The molecule has 16 heavy (non-hydrogen) atoms. The van der Waals surface area contributed by atoms with Crippen LogP contribution in [-0.2, 0) is 0 Å². The molecule has 0 aliphatic heterocycles. The van der Waals surface area contributed by atoms with E-state index >= 15 is 0 Å². The Balaban J connectivity index is 2.42. The van der Waals surface area contributed by atoms with Crippen LogP contribution in [0.15, 0.2) is 21.2 Å². The highest BCUT2D eigenvalue weighted by molar-refractivity contribution is 9.11. The SMILES string of the molecule is CC(N)c1nc(-c2ncc(Br)cc2Br)n[nH]1. The first-order valence-corrected chi connectivity index (χ1v) is 6.16. The second kappa shape index (κ2) is 4.60. The van der Waals surface area contributed by atoms with Crippen molar-refractivity contribution in [1.29, 1.82) is 0 Å². The van der Waals surface area contributed by atoms with Crippen LogP contribution in [0.3, 0.4) is 0 Å². The van der Waals surface area contributed by atoms with Crippen molar-refractivity contribution in [2.75, 3.05) is 0 Å². The van der Waals surface area contributed by atoms with Crippen molar-refractivity contribution in [3.63, 3.8) is 0 Å². The lowest BCUT2D eigenvalue weighted by Crippen LogP contribution is -2.06. The molecule has 2 rings (SSSR count). The number of nitrogens with two attached hydrogens (primary N) is 1. The number of aromatic nitrogens is 4. The first-order chi connectivity index (χ1) is 7.58. The highest BCUT2D eigenvalue weighted by Gasteiger charge is 2.12. The van der Waals surface area contributed by atoms with Crippen LogP contribution in [0.5, 0.6) is 0 Å². The van der Waals surface area contributed by atoms with Crippen molar-refractivity contribution in [2.24, 2.45) is 5.73 Å². The van der Waals surface area contributed by atoms with E-state index in [2.05, 4.69) is 52.0 Å². The van der Waals surface area contributed by atoms with E-state index in [4.69, 9.17) is 5.73 Å². The number of pyridine rings is 1. The van der Waals surface area contributed by atoms with E-state index in [-0.39, 0.29) is 6.04 Å². The second-order valence-corrected chi connectivity index (χ2v) is 5.09. The maximum atomic E-state index is 5.69. The zero-order chi connectivity index (χ0) is 11.7. The first kappa shape index (κ1) is 11.7. The molecule has 0 amide bonds. The standard InChI is InChI=1S/C9H9Br2N5/c1-4(12)8-14-9(16-15-8)7-6(11)2-5(10)3-13-7/h2-4H,12H2,1H3,(H,14,15,16). The fraction of sp³-hybridized carbons (Fsp3) is 0.222. The number of rotatable bonds is 2. The number of hydrogen-bond acceptors (Lipinski definition) is 4. The molecule has 0 aliphatic rings. The Labute approximate surface area is 109 Å². The van der Waals surface area contributed by atoms with Gasteiger partial charge in [-0.1, -0.05) is 0 Å². The normalized spacial score (nSPS) is 12.8. The third kappa shape index (κ3) is 2.31. The van der Waals surface area contributed by atoms with Gasteiger partial charge in [0.05, 0.1) is 6.04 Å². The quantitative estimate of drug-likeness (QED) is 0.875. The van der Waals surface area contributed by atoms with Gasteiger partial charge in [-0.25, -0.2) is 4.98 Å². The van der Waals surface area contributed by atoms with E-state index in [0.717, 1.165) is 8.95 Å². The molecule has 0 bridgehead atoms. The molecule has 2 aromatic heterocycles. The maximum absolute atomic E-state index is 5.69. The molecule has 1 atom stereocenters. The molecule has 0 saturated heterocycles. The molecule has 3 N–H and O–H groups in total. The van der Waals surface area contributed by atoms with Crippen LogP contribution < -0.4 is 5.73 Å². The fourth-order valence-corrected chi connectivity index (χ4v) is 2.33. The Morgan fingerprint density at radius 2 is 2.19 bits per heavy atom. The molecule has 2 heterocycles. The smallest absolute Gasteiger partial charge is 0.200 e. The lowest BCUT2D eigenvalue weighted by Gasteiger charge is -1.99. The molecular weight excluding hydrogens is 338 g/mol. The van der Waals surface area contributed by atoms with Gasteiger partial charge in [0.15, 0.2) is 0 Å². The molecule has 5 nitrogen and oxygen atoms in total. The molecule has 0 spiro atoms. The van der Waals surface area contributed by atoms with Crippen molar-refractivity contribution in [1.82, 2.24) is 20.2 Å². The van der Waals surface area contributed by atoms with Gasteiger partial charge >= 0.3 is 0 Å². The first-order valence-electron chi connectivity index (χ1n) is 4.57. The molecule has 1 unspecified atom stereocenters. The maximum Gasteiger partial charge on any atom is 0.200 e. The number of H-pyrrole nitrogens is 1. The molecule has 0 fully saturated rings. The van der Waals surface area contributed by atoms with Crippen LogP contribution in [0, 0.1) is 0 Å². The van der Waals surface area contributed by atoms with E-state index < -0.39 is 0 Å². The highest BCUT2D eigenvalue weighted by atomic mass is 79.9. The minimum atomic E-state index is -0.171. The molecule has 0 saturated carbocycles. The van der Waals surface area contributed by atoms with E-state index in [0.29, 0.717) is 17.3 Å². The number of hydrogen-bond donors (Lipinski definition) is 2. The van der Waals surface area contributed by atoms with Crippen molar-refractivity contribution in [2.45, 2.75) is 13.0 Å². The molecular formula is C9H9Br2N5. The lowest BCUT2D eigenvalue weighted by molar-refractivity contribution is 0.745. The molecule has 0 aromatic carbocycles. The molecule has 0 radical (unpaired) electrons. The average Bonchev–Trinajstić information content (AvgIpc) is 2.66. The Bertz CT molecular complexity index is 508. The van der Waals surface area contributed by atoms with Gasteiger partial charge in [0.2, 0.25) is 5.82 Å². The Hall–Kier alpha value is -0.790. The van der Waals surface area contributed by atoms with Crippen LogP contribution in [0.2, 0.25) is 0 Å². The van der Waals surface area contributed by atoms with Gasteiger partial charge in [-0.2, -0.15) is 5.10 Å². The Kier molecular flexibility index (Phi) is 3.36. The summed E-state index contributed by atoms with van der Waals surface area (Å²) in [5.74, 6) is 1.18. The van der Waals surface area contributed by atoms with Gasteiger partial charge in [0.25, 0.3) is 0 Å². The van der Waals surface area contributed by atoms with Crippen molar-refractivity contribution >= 4 is 31.9 Å². The molecule has 0 aliphatic carbocycles. The summed E-state index contributed by atoms with van der Waals surface area (Å²) in [6.07, 6.45) is 1.70. The van der Waals surface area contributed by atoms with Crippen LogP contribution in [0.1, 0.15) is 18.8 Å². The summed E-state index contributed by atoms with van der Waals surface area (Å²) in [7, 11) is 0. The van der Waals surface area contributed by atoms with Gasteiger partial charge in [-0.15, -0.1) is 0 Å². The number of nitrogens with one attached hydrogen (secondary N) is 1. The monoisotopic (exact) mass is 345 g/mol. The predicted molar refractivity (Wildman–Crippen MR) is 67.6 cm³/mol. The van der Waals surface area contributed by atoms with Crippen LogP contribution in [0.25, 0.3) is 11.5 Å². The molecule has 7 heteroatoms. The minimum Gasteiger partial charge on any atom is -0.322 e. The van der Waals surface area contributed by atoms with Crippen LogP contribution >= 0.6 is 31.9 Å². The van der Waals surface area contributed by atoms with Crippen molar-refractivity contribution in [3.8, 4) is 11.5 Å². The summed E-state index contributed by atoms with van der Waals surface area (Å²) < 4.78 is 1.73. The van der Waals surface area contributed by atoms with Crippen LogP contribution in [0.4, 0.5) is 0 Å². The highest BCUT2D eigenvalue weighted by Crippen LogP contribution is 2.26. The number of aromatic amines is 1. The summed E-state index contributed by atoms with van der Waals surface area (Å²) in [5.41, 5.74) is 6.38. The average molecular weight is 347 g/mol. The van der Waals surface area contributed by atoms with E-state index in [9.17, 15) is 0 Å². The fourth-order valence-electron chi connectivity index (χ4n) is 1.16. The zero-order valence-corrected chi connectivity index (χ0v) is 11.6. The second-order valence-electron chi connectivity index (χ2n) is 3.32. The van der Waals surface area contributed by atoms with Gasteiger partial charge in [-0.05, 0) is 44.8 Å². The van der Waals surface area contributed by atoms with Crippen molar-refractivity contribution < 1.29 is 0 Å². The van der Waals surface area contributed by atoms with Crippen molar-refractivity contribution in [3.05, 3.63) is 27.0 Å². The van der Waals surface area contributed by atoms with E-state index in [1.54, 1.807) is 6.20 Å². The summed E-state index contributed by atoms with van der Waals surface area (Å²) in [4.78, 5) is 8.51.